The van der Waals surface area contributed by atoms with Crippen LogP contribution in [0.15, 0.2) is 42.5 Å². The van der Waals surface area contributed by atoms with Crippen LogP contribution in [0.5, 0.6) is 0 Å². The minimum atomic E-state index is -1.03. The molecule has 0 saturated heterocycles. The number of esters is 1. The van der Waals surface area contributed by atoms with Gasteiger partial charge in [-0.2, -0.15) is 0 Å². The lowest BCUT2D eigenvalue weighted by Gasteiger charge is -2.26. The quantitative estimate of drug-likeness (QED) is 0.451. The minimum Gasteiger partial charge on any atom is -0.449 e. The van der Waals surface area contributed by atoms with Crippen molar-refractivity contribution in [2.24, 2.45) is 0 Å². The zero-order valence-electron chi connectivity index (χ0n) is 14.7. The minimum absolute atomic E-state index is 0.0308. The van der Waals surface area contributed by atoms with E-state index in [2.05, 4.69) is 0 Å². The van der Waals surface area contributed by atoms with E-state index in [0.717, 1.165) is 29.8 Å². The maximum atomic E-state index is 12.8. The fourth-order valence-corrected chi connectivity index (χ4v) is 3.41. The molecular weight excluding hydrogens is 372 g/mol. The zero-order valence-corrected chi connectivity index (χ0v) is 15.5. The van der Waals surface area contributed by atoms with E-state index < -0.39 is 17.0 Å². The average molecular weight is 389 g/mol. The molecule has 27 heavy (non-hydrogen) atoms. The number of amides is 1. The highest BCUT2D eigenvalue weighted by Crippen LogP contribution is 2.32. The Balaban J connectivity index is 1.75. The number of hydrogen-bond donors (Lipinski definition) is 0. The Labute approximate surface area is 160 Å². The van der Waals surface area contributed by atoms with Crippen molar-refractivity contribution in [1.29, 1.82) is 0 Å². The number of ether oxygens (including phenoxy) is 1. The SMILES string of the molecule is C[C@@H]1Cc2ccccc2N1C(=O)[C@@H](C)OC(=O)c1ccc([N+](=O)[O-])cc1Cl. The standard InChI is InChI=1S/C19H17ClN2O5/c1-11-9-13-5-3-4-6-17(13)21(11)18(23)12(2)27-19(24)15-8-7-14(22(25)26)10-16(15)20/h3-8,10-12H,9H2,1-2H3/t11-,12-/m1/s1. The number of hydrogen-bond acceptors (Lipinski definition) is 5. The van der Waals surface area contributed by atoms with Crippen molar-refractivity contribution < 1.29 is 19.2 Å². The van der Waals surface area contributed by atoms with Crippen molar-refractivity contribution in [2.45, 2.75) is 32.4 Å². The van der Waals surface area contributed by atoms with E-state index in [4.69, 9.17) is 16.3 Å². The van der Waals surface area contributed by atoms with Gasteiger partial charge in [-0.05, 0) is 38.0 Å². The van der Waals surface area contributed by atoms with Gasteiger partial charge in [0.05, 0.1) is 15.5 Å². The Bertz CT molecular complexity index is 930. The largest absolute Gasteiger partial charge is 0.449 e. The highest BCUT2D eigenvalue weighted by atomic mass is 35.5. The summed E-state index contributed by atoms with van der Waals surface area (Å²) < 4.78 is 5.27. The number of nitro benzene ring substituents is 1. The van der Waals surface area contributed by atoms with E-state index >= 15 is 0 Å². The number of carbonyl (C=O) groups excluding carboxylic acids is 2. The fraction of sp³-hybridized carbons (Fsp3) is 0.263. The van der Waals surface area contributed by atoms with Crippen LogP contribution in [0, 0.1) is 10.1 Å². The predicted molar refractivity (Wildman–Crippen MR) is 100 cm³/mol. The Kier molecular flexibility index (Phi) is 5.14. The third-order valence-electron chi connectivity index (χ3n) is 4.46. The van der Waals surface area contributed by atoms with Crippen molar-refractivity contribution in [3.63, 3.8) is 0 Å². The van der Waals surface area contributed by atoms with Crippen LogP contribution in [0.1, 0.15) is 29.8 Å². The second kappa shape index (κ2) is 7.36. The Morgan fingerprint density at radius 3 is 2.67 bits per heavy atom. The lowest BCUT2D eigenvalue weighted by molar-refractivity contribution is -0.384. The van der Waals surface area contributed by atoms with Crippen LogP contribution in [-0.4, -0.2) is 28.9 Å². The topological polar surface area (TPSA) is 89.8 Å². The van der Waals surface area contributed by atoms with Gasteiger partial charge in [0, 0.05) is 23.9 Å². The third-order valence-corrected chi connectivity index (χ3v) is 4.77. The fourth-order valence-electron chi connectivity index (χ4n) is 3.15. The monoisotopic (exact) mass is 388 g/mol. The molecule has 7 nitrogen and oxygen atoms in total. The number of carbonyl (C=O) groups is 2. The molecule has 0 spiro atoms. The molecule has 1 aliphatic heterocycles. The summed E-state index contributed by atoms with van der Waals surface area (Å²) >= 11 is 5.95. The number of halogens is 1. The first-order valence-electron chi connectivity index (χ1n) is 8.35. The highest BCUT2D eigenvalue weighted by molar-refractivity contribution is 6.33. The molecular formula is C19H17ClN2O5. The number of nitro groups is 1. The number of non-ortho nitro benzene ring substituents is 1. The first-order valence-corrected chi connectivity index (χ1v) is 8.73. The van der Waals surface area contributed by atoms with E-state index in [1.54, 1.807) is 4.90 Å². The number of para-hydroxylation sites is 1. The summed E-state index contributed by atoms with van der Waals surface area (Å²) in [5.41, 5.74) is 1.61. The van der Waals surface area contributed by atoms with Crippen molar-refractivity contribution in [3.8, 4) is 0 Å². The maximum absolute atomic E-state index is 12.8. The number of fused-ring (bicyclic) bond motifs is 1. The van der Waals surface area contributed by atoms with E-state index in [1.807, 2.05) is 31.2 Å². The average Bonchev–Trinajstić information content (AvgIpc) is 2.96. The molecule has 2 aromatic rings. The molecule has 3 rings (SSSR count). The van der Waals surface area contributed by atoms with Gasteiger partial charge in [0.1, 0.15) is 0 Å². The van der Waals surface area contributed by atoms with E-state index in [-0.39, 0.29) is 28.2 Å². The Morgan fingerprint density at radius 1 is 1.30 bits per heavy atom. The van der Waals surface area contributed by atoms with Gasteiger partial charge in [-0.25, -0.2) is 4.79 Å². The second-order valence-electron chi connectivity index (χ2n) is 6.36. The predicted octanol–water partition coefficient (Wildman–Crippen LogP) is 3.77. The van der Waals surface area contributed by atoms with Crippen LogP contribution in [0.4, 0.5) is 11.4 Å². The Morgan fingerprint density at radius 2 is 2.00 bits per heavy atom. The third kappa shape index (κ3) is 3.64. The highest BCUT2D eigenvalue weighted by Gasteiger charge is 2.34. The van der Waals surface area contributed by atoms with Crippen LogP contribution >= 0.6 is 11.6 Å². The molecule has 0 fully saturated rings. The molecule has 0 bridgehead atoms. The summed E-state index contributed by atoms with van der Waals surface area (Å²) in [5.74, 6) is -1.14. The number of nitrogens with zero attached hydrogens (tertiary/aromatic N) is 2. The molecule has 2 aromatic carbocycles. The van der Waals surface area contributed by atoms with Crippen LogP contribution < -0.4 is 4.90 Å². The summed E-state index contributed by atoms with van der Waals surface area (Å²) in [6.07, 6.45) is -0.297. The van der Waals surface area contributed by atoms with Crippen molar-refractivity contribution in [1.82, 2.24) is 0 Å². The molecule has 140 valence electrons. The van der Waals surface area contributed by atoms with Gasteiger partial charge in [-0.1, -0.05) is 29.8 Å². The second-order valence-corrected chi connectivity index (χ2v) is 6.77. The summed E-state index contributed by atoms with van der Waals surface area (Å²) in [4.78, 5) is 37.0. The first kappa shape index (κ1) is 18.8. The molecule has 1 heterocycles. The molecule has 0 N–H and O–H groups in total. The molecule has 0 unspecified atom stereocenters. The van der Waals surface area contributed by atoms with Gasteiger partial charge in [0.15, 0.2) is 6.10 Å². The normalized spacial score (nSPS) is 16.6. The molecule has 0 radical (unpaired) electrons. The molecule has 0 saturated carbocycles. The summed E-state index contributed by atoms with van der Waals surface area (Å²) in [5, 5.41) is 10.7. The summed E-state index contributed by atoms with van der Waals surface area (Å²) in [7, 11) is 0. The molecule has 1 aliphatic rings. The molecule has 2 atom stereocenters. The van der Waals surface area contributed by atoms with Crippen molar-refractivity contribution in [2.75, 3.05) is 4.90 Å². The van der Waals surface area contributed by atoms with E-state index in [0.29, 0.717) is 0 Å². The van der Waals surface area contributed by atoms with Gasteiger partial charge < -0.3 is 9.64 Å². The van der Waals surface area contributed by atoms with Gasteiger partial charge in [0.25, 0.3) is 11.6 Å². The lowest BCUT2D eigenvalue weighted by Crippen LogP contribution is -2.43. The number of benzene rings is 2. The maximum Gasteiger partial charge on any atom is 0.340 e. The molecule has 1 amide bonds. The number of anilines is 1. The summed E-state index contributed by atoms with van der Waals surface area (Å²) in [6, 6.07) is 11.0. The van der Waals surface area contributed by atoms with Gasteiger partial charge in [0.2, 0.25) is 0 Å². The van der Waals surface area contributed by atoms with Crippen LogP contribution in [0.2, 0.25) is 5.02 Å². The van der Waals surface area contributed by atoms with Crippen molar-refractivity contribution >= 4 is 34.9 Å². The smallest absolute Gasteiger partial charge is 0.340 e. The van der Waals surface area contributed by atoms with Gasteiger partial charge >= 0.3 is 5.97 Å². The van der Waals surface area contributed by atoms with Crippen LogP contribution in [0.25, 0.3) is 0 Å². The Hall–Kier alpha value is -2.93. The molecule has 0 aromatic heterocycles. The lowest BCUT2D eigenvalue weighted by atomic mass is 10.1. The van der Waals surface area contributed by atoms with Crippen molar-refractivity contribution in [3.05, 3.63) is 68.7 Å². The molecule has 0 aliphatic carbocycles. The zero-order chi connectivity index (χ0) is 19.7. The first-order chi connectivity index (χ1) is 12.8. The molecule has 8 heteroatoms. The summed E-state index contributed by atoms with van der Waals surface area (Å²) in [6.45, 7) is 3.42. The van der Waals surface area contributed by atoms with E-state index in [9.17, 15) is 19.7 Å². The van der Waals surface area contributed by atoms with Crippen LogP contribution in [0.3, 0.4) is 0 Å². The van der Waals surface area contributed by atoms with Gasteiger partial charge in [-0.15, -0.1) is 0 Å². The van der Waals surface area contributed by atoms with Gasteiger partial charge in [-0.3, -0.25) is 14.9 Å². The number of rotatable bonds is 4. The van der Waals surface area contributed by atoms with E-state index in [1.165, 1.54) is 13.0 Å². The van der Waals surface area contributed by atoms with Crippen LogP contribution in [-0.2, 0) is 16.0 Å².